The van der Waals surface area contributed by atoms with Gasteiger partial charge in [-0.15, -0.1) is 0 Å². The summed E-state index contributed by atoms with van der Waals surface area (Å²) in [5, 5.41) is 8.72. The third-order valence-electron chi connectivity index (χ3n) is 2.34. The number of amides is 1. The highest BCUT2D eigenvalue weighted by atomic mass is 16.1. The van der Waals surface area contributed by atoms with Gasteiger partial charge < -0.3 is 20.9 Å². The van der Waals surface area contributed by atoms with E-state index in [1.807, 2.05) is 27.9 Å². The fraction of sp³-hybridized carbons (Fsp3) is 0.667. The predicted molar refractivity (Wildman–Crippen MR) is 80.1 cm³/mol. The summed E-state index contributed by atoms with van der Waals surface area (Å²) in [6.07, 6.45) is 0.910. The number of nitrogens with zero attached hydrogens (tertiary/aromatic N) is 4. The lowest BCUT2D eigenvalue weighted by atomic mass is 10.4. The van der Waals surface area contributed by atoms with E-state index in [0.29, 0.717) is 30.9 Å². The molecule has 1 rings (SSSR count). The van der Waals surface area contributed by atoms with Crippen molar-refractivity contribution in [1.29, 1.82) is 0 Å². The van der Waals surface area contributed by atoms with Gasteiger partial charge in [0.25, 0.3) is 0 Å². The van der Waals surface area contributed by atoms with E-state index >= 15 is 0 Å². The lowest BCUT2D eigenvalue weighted by Gasteiger charge is -2.13. The Hall–Kier alpha value is -2.12. The fourth-order valence-electron chi connectivity index (χ4n) is 1.37. The topological polar surface area (TPSA) is 95.1 Å². The first-order valence-electron chi connectivity index (χ1n) is 6.74. The summed E-state index contributed by atoms with van der Waals surface area (Å²) in [5.41, 5.74) is 0. The molecule has 8 nitrogen and oxygen atoms in total. The van der Waals surface area contributed by atoms with Crippen molar-refractivity contribution >= 4 is 23.8 Å². The second-order valence-electron chi connectivity index (χ2n) is 4.41. The van der Waals surface area contributed by atoms with Crippen molar-refractivity contribution in [3.8, 4) is 0 Å². The average Bonchev–Trinajstić information content (AvgIpc) is 2.43. The number of aromatic nitrogens is 3. The van der Waals surface area contributed by atoms with Gasteiger partial charge in [-0.2, -0.15) is 15.0 Å². The van der Waals surface area contributed by atoms with Gasteiger partial charge in [0.2, 0.25) is 23.8 Å². The monoisotopic (exact) mass is 281 g/mol. The van der Waals surface area contributed by atoms with E-state index in [-0.39, 0.29) is 12.5 Å². The lowest BCUT2D eigenvalue weighted by Crippen LogP contribution is -2.31. The van der Waals surface area contributed by atoms with E-state index in [0.717, 1.165) is 6.42 Å². The molecule has 3 N–H and O–H groups in total. The van der Waals surface area contributed by atoms with Crippen LogP contribution in [0.5, 0.6) is 0 Å². The normalized spacial score (nSPS) is 10.0. The molecule has 0 bridgehead atoms. The zero-order valence-corrected chi connectivity index (χ0v) is 12.5. The van der Waals surface area contributed by atoms with Crippen LogP contribution in [0.4, 0.5) is 17.8 Å². The summed E-state index contributed by atoms with van der Waals surface area (Å²) in [6.45, 7) is 5.50. The zero-order chi connectivity index (χ0) is 15.0. The van der Waals surface area contributed by atoms with Gasteiger partial charge in [-0.05, 0) is 13.3 Å². The minimum Gasteiger partial charge on any atom is -0.355 e. The molecular weight excluding hydrogens is 258 g/mol. The molecule has 0 aliphatic carbocycles. The summed E-state index contributed by atoms with van der Waals surface area (Å²) >= 11 is 0. The van der Waals surface area contributed by atoms with Crippen molar-refractivity contribution in [2.24, 2.45) is 0 Å². The quantitative estimate of drug-likeness (QED) is 0.631. The summed E-state index contributed by atoms with van der Waals surface area (Å²) in [5.74, 6) is 1.32. The average molecular weight is 281 g/mol. The number of hydrogen-bond acceptors (Lipinski definition) is 7. The van der Waals surface area contributed by atoms with E-state index in [9.17, 15) is 4.79 Å². The lowest BCUT2D eigenvalue weighted by molar-refractivity contribution is -0.119. The van der Waals surface area contributed by atoms with Crippen LogP contribution in [0.2, 0.25) is 0 Å². The molecule has 20 heavy (non-hydrogen) atoms. The van der Waals surface area contributed by atoms with Gasteiger partial charge in [-0.3, -0.25) is 4.79 Å². The van der Waals surface area contributed by atoms with Gasteiger partial charge in [0.1, 0.15) is 0 Å². The number of carbonyl (C=O) groups is 1. The largest absolute Gasteiger partial charge is 0.355 e. The Morgan fingerprint density at radius 2 is 1.75 bits per heavy atom. The van der Waals surface area contributed by atoms with Crippen molar-refractivity contribution in [1.82, 2.24) is 20.3 Å². The molecule has 0 unspecified atom stereocenters. The number of carbonyl (C=O) groups excluding carboxylic acids is 1. The van der Waals surface area contributed by atoms with Crippen molar-refractivity contribution in [3.63, 3.8) is 0 Å². The molecular formula is C12H23N7O. The second kappa shape index (κ2) is 8.13. The number of anilines is 3. The molecule has 0 atom stereocenters. The summed E-state index contributed by atoms with van der Waals surface area (Å²) in [4.78, 5) is 26.0. The third kappa shape index (κ3) is 5.25. The molecule has 8 heteroatoms. The van der Waals surface area contributed by atoms with Crippen molar-refractivity contribution < 1.29 is 4.79 Å². The van der Waals surface area contributed by atoms with Gasteiger partial charge in [0.15, 0.2) is 0 Å². The van der Waals surface area contributed by atoms with Crippen molar-refractivity contribution in [2.75, 3.05) is 49.3 Å². The summed E-state index contributed by atoms with van der Waals surface area (Å²) < 4.78 is 0. The Balaban J connectivity index is 2.70. The molecule has 1 amide bonds. The maximum Gasteiger partial charge on any atom is 0.239 e. The summed E-state index contributed by atoms with van der Waals surface area (Å²) in [7, 11) is 3.70. The highest BCUT2D eigenvalue weighted by Gasteiger charge is 2.08. The molecule has 1 heterocycles. The first-order valence-corrected chi connectivity index (χ1v) is 6.74. The van der Waals surface area contributed by atoms with Crippen LogP contribution in [0.25, 0.3) is 0 Å². The van der Waals surface area contributed by atoms with Crippen molar-refractivity contribution in [3.05, 3.63) is 0 Å². The predicted octanol–water partition coefficient (Wildman–Crippen LogP) is 0.308. The summed E-state index contributed by atoms with van der Waals surface area (Å²) in [6, 6.07) is 0. The van der Waals surface area contributed by atoms with Crippen LogP contribution in [-0.4, -0.2) is 54.6 Å². The van der Waals surface area contributed by atoms with E-state index in [2.05, 4.69) is 30.9 Å². The molecule has 0 saturated heterocycles. The number of hydrogen-bond donors (Lipinski definition) is 3. The smallest absolute Gasteiger partial charge is 0.239 e. The van der Waals surface area contributed by atoms with Crippen LogP contribution >= 0.6 is 0 Å². The minimum absolute atomic E-state index is 0.0799. The highest BCUT2D eigenvalue weighted by Crippen LogP contribution is 2.10. The minimum atomic E-state index is -0.0799. The molecule has 0 aliphatic heterocycles. The number of rotatable bonds is 8. The third-order valence-corrected chi connectivity index (χ3v) is 2.34. The molecule has 0 radical (unpaired) electrons. The maximum atomic E-state index is 11.5. The second-order valence-corrected chi connectivity index (χ2v) is 4.41. The van der Waals surface area contributed by atoms with Crippen LogP contribution in [0.1, 0.15) is 20.3 Å². The van der Waals surface area contributed by atoms with Gasteiger partial charge in [0, 0.05) is 27.2 Å². The first-order chi connectivity index (χ1) is 9.56. The van der Waals surface area contributed by atoms with E-state index in [1.165, 1.54) is 0 Å². The van der Waals surface area contributed by atoms with E-state index in [1.54, 1.807) is 4.90 Å². The van der Waals surface area contributed by atoms with Crippen molar-refractivity contribution in [2.45, 2.75) is 20.3 Å². The Bertz CT molecular complexity index is 436. The van der Waals surface area contributed by atoms with Crippen LogP contribution in [0, 0.1) is 0 Å². The molecule has 112 valence electrons. The van der Waals surface area contributed by atoms with Gasteiger partial charge >= 0.3 is 0 Å². The van der Waals surface area contributed by atoms with E-state index in [4.69, 9.17) is 0 Å². The van der Waals surface area contributed by atoms with Crippen LogP contribution < -0.4 is 20.9 Å². The fourth-order valence-corrected chi connectivity index (χ4v) is 1.37. The Labute approximate surface area is 119 Å². The Morgan fingerprint density at radius 1 is 1.10 bits per heavy atom. The van der Waals surface area contributed by atoms with Crippen LogP contribution in [0.15, 0.2) is 0 Å². The van der Waals surface area contributed by atoms with Crippen LogP contribution in [0.3, 0.4) is 0 Å². The van der Waals surface area contributed by atoms with Gasteiger partial charge in [-0.25, -0.2) is 0 Å². The molecule has 0 saturated carbocycles. The van der Waals surface area contributed by atoms with Gasteiger partial charge in [0.05, 0.1) is 6.54 Å². The molecule has 0 aromatic carbocycles. The van der Waals surface area contributed by atoms with Crippen LogP contribution in [-0.2, 0) is 4.79 Å². The standard InChI is InChI=1S/C12H23N7O/c1-5-7-14-9(20)8-15-11-16-10(13-6-2)17-12(18-11)19(3)4/h5-8H2,1-4H3,(H,14,20)(H2,13,15,16,17,18). The SMILES string of the molecule is CCCNC(=O)CNc1nc(NCC)nc(N(C)C)n1. The molecule has 0 spiro atoms. The number of nitrogens with one attached hydrogen (secondary N) is 3. The Morgan fingerprint density at radius 3 is 2.30 bits per heavy atom. The molecule has 1 aromatic rings. The maximum absolute atomic E-state index is 11.5. The Kier molecular flexibility index (Phi) is 6.48. The molecule has 0 fully saturated rings. The first kappa shape index (κ1) is 15.9. The van der Waals surface area contributed by atoms with E-state index < -0.39 is 0 Å². The zero-order valence-electron chi connectivity index (χ0n) is 12.5. The molecule has 1 aromatic heterocycles. The van der Waals surface area contributed by atoms with Gasteiger partial charge in [-0.1, -0.05) is 6.92 Å². The highest BCUT2D eigenvalue weighted by molar-refractivity contribution is 5.80. The molecule has 0 aliphatic rings.